The van der Waals surface area contributed by atoms with Crippen LogP contribution in [-0.2, 0) is 0 Å². The summed E-state index contributed by atoms with van der Waals surface area (Å²) in [5.74, 6) is 0. The second kappa shape index (κ2) is 8.41. The van der Waals surface area contributed by atoms with Crippen LogP contribution in [0.1, 0.15) is 11.1 Å². The fourth-order valence-electron chi connectivity index (χ4n) is 2.93. The molecule has 0 aliphatic carbocycles. The number of nitrogens with zero attached hydrogens (tertiary/aromatic N) is 2. The zero-order chi connectivity index (χ0) is 19.2. The summed E-state index contributed by atoms with van der Waals surface area (Å²) >= 11 is 5.19. The van der Waals surface area contributed by atoms with Crippen molar-refractivity contribution in [3.05, 3.63) is 96.1 Å². The normalized spacial score (nSPS) is 11.4. The fraction of sp³-hybridized carbons (Fsp3) is 0. The number of benzene rings is 4. The molecule has 0 saturated heterocycles. The Balaban J connectivity index is 1.33. The first-order valence-corrected chi connectivity index (χ1v) is 9.28. The van der Waals surface area contributed by atoms with E-state index in [-0.39, 0.29) is 0 Å². The van der Waals surface area contributed by atoms with Crippen molar-refractivity contribution in [2.75, 3.05) is 0 Å². The molecule has 136 valence electrons. The van der Waals surface area contributed by atoms with E-state index >= 15 is 0 Å². The second-order valence-corrected chi connectivity index (χ2v) is 6.69. The maximum atomic E-state index is 5.19. The molecule has 0 fully saturated rings. The van der Waals surface area contributed by atoms with Gasteiger partial charge >= 0.3 is 0 Å². The fourth-order valence-corrected chi connectivity index (χ4v) is 3.04. The number of hydrogen-bond acceptors (Lipinski definition) is 3. The summed E-state index contributed by atoms with van der Waals surface area (Å²) in [6.07, 6.45) is 3.46. The highest BCUT2D eigenvalue weighted by Gasteiger charge is 1.95. The largest absolute Gasteiger partial charge is 0.252 e. The van der Waals surface area contributed by atoms with E-state index < -0.39 is 0 Å². The Hall–Kier alpha value is -3.57. The van der Waals surface area contributed by atoms with Crippen molar-refractivity contribution in [2.24, 2.45) is 10.2 Å². The Morgan fingerprint density at radius 3 is 1.50 bits per heavy atom. The van der Waals surface area contributed by atoms with Crippen LogP contribution in [-0.4, -0.2) is 17.5 Å². The lowest BCUT2D eigenvalue weighted by atomic mass is 10.1. The quantitative estimate of drug-likeness (QED) is 0.302. The third-order valence-corrected chi connectivity index (χ3v) is 4.49. The van der Waals surface area contributed by atoms with Gasteiger partial charge < -0.3 is 0 Å². The van der Waals surface area contributed by atoms with Gasteiger partial charge in [-0.3, -0.25) is 10.9 Å². The zero-order valence-electron chi connectivity index (χ0n) is 15.0. The zero-order valence-corrected chi connectivity index (χ0v) is 15.9. The van der Waals surface area contributed by atoms with E-state index in [0.717, 1.165) is 11.1 Å². The topological polar surface area (TPSA) is 48.8 Å². The van der Waals surface area contributed by atoms with Gasteiger partial charge in [-0.05, 0) is 57.0 Å². The average Bonchev–Trinajstić information content (AvgIpc) is 2.73. The van der Waals surface area contributed by atoms with Gasteiger partial charge in [-0.25, -0.2) is 0 Å². The monoisotopic (exact) mass is 382 g/mol. The van der Waals surface area contributed by atoms with Crippen molar-refractivity contribution in [3.63, 3.8) is 0 Å². The Bertz CT molecular complexity index is 1100. The number of hydrazone groups is 2. The molecule has 0 heterocycles. The van der Waals surface area contributed by atoms with E-state index in [9.17, 15) is 0 Å². The van der Waals surface area contributed by atoms with Crippen LogP contribution in [0.5, 0.6) is 0 Å². The average molecular weight is 382 g/mol. The van der Waals surface area contributed by atoms with Gasteiger partial charge in [-0.1, -0.05) is 72.8 Å². The number of rotatable bonds is 4. The van der Waals surface area contributed by atoms with Crippen LogP contribution in [0.4, 0.5) is 0 Å². The molecular formula is C23H18N4S. The van der Waals surface area contributed by atoms with Gasteiger partial charge in [0.25, 0.3) is 0 Å². The van der Waals surface area contributed by atoms with E-state index in [1.54, 1.807) is 12.4 Å². The van der Waals surface area contributed by atoms with Crippen LogP contribution in [0.25, 0.3) is 21.5 Å². The smallest absolute Gasteiger partial charge is 0.207 e. The van der Waals surface area contributed by atoms with E-state index in [1.165, 1.54) is 21.5 Å². The Morgan fingerprint density at radius 2 is 1.04 bits per heavy atom. The molecule has 0 saturated carbocycles. The Kier molecular flexibility index (Phi) is 5.36. The summed E-state index contributed by atoms with van der Waals surface area (Å²) in [5.41, 5.74) is 7.53. The summed E-state index contributed by atoms with van der Waals surface area (Å²) in [6, 6.07) is 28.8. The molecule has 0 aliphatic heterocycles. The van der Waals surface area contributed by atoms with Gasteiger partial charge in [0.1, 0.15) is 0 Å². The van der Waals surface area contributed by atoms with Gasteiger partial charge in [0.2, 0.25) is 5.11 Å². The number of nitrogens with one attached hydrogen (secondary N) is 2. The van der Waals surface area contributed by atoms with Crippen LogP contribution in [0.15, 0.2) is 95.1 Å². The van der Waals surface area contributed by atoms with Crippen LogP contribution in [0.3, 0.4) is 0 Å². The summed E-state index contributed by atoms with van der Waals surface area (Å²) in [4.78, 5) is 0. The molecule has 4 aromatic rings. The lowest BCUT2D eigenvalue weighted by Gasteiger charge is -2.02. The first-order chi connectivity index (χ1) is 13.8. The number of hydrogen-bond donors (Lipinski definition) is 2. The minimum atomic E-state index is 0.328. The lowest BCUT2D eigenvalue weighted by Crippen LogP contribution is -2.28. The molecule has 0 aliphatic rings. The predicted molar refractivity (Wildman–Crippen MR) is 122 cm³/mol. The minimum absolute atomic E-state index is 0.328. The van der Waals surface area contributed by atoms with Gasteiger partial charge in [-0.2, -0.15) is 10.2 Å². The maximum absolute atomic E-state index is 5.19. The van der Waals surface area contributed by atoms with Gasteiger partial charge in [0.15, 0.2) is 0 Å². The summed E-state index contributed by atoms with van der Waals surface area (Å²) in [6.45, 7) is 0. The molecule has 0 bridgehead atoms. The van der Waals surface area contributed by atoms with E-state index in [1.807, 2.05) is 36.4 Å². The highest BCUT2D eigenvalue weighted by Crippen LogP contribution is 2.15. The molecular weight excluding hydrogens is 364 g/mol. The SMILES string of the molecule is S=C(N/N=C\c1ccc2ccccc2c1)N/N=C\c1ccc2ccccc2c1. The van der Waals surface area contributed by atoms with Crippen molar-refractivity contribution in [1.82, 2.24) is 10.9 Å². The van der Waals surface area contributed by atoms with Crippen molar-refractivity contribution < 1.29 is 0 Å². The standard InChI is InChI=1S/C23H18N4S/c28-23(26-24-15-17-9-11-19-5-1-3-7-21(19)13-17)27-25-16-18-10-12-20-6-2-4-8-22(20)14-18/h1-16H,(H2,26,27,28)/b24-15-,25-16-. The molecule has 0 amide bonds. The highest BCUT2D eigenvalue weighted by atomic mass is 32.1. The third kappa shape index (κ3) is 4.39. The summed E-state index contributed by atoms with van der Waals surface area (Å²) in [5, 5.41) is 13.4. The molecule has 4 aromatic carbocycles. The molecule has 4 rings (SSSR count). The van der Waals surface area contributed by atoms with Crippen molar-refractivity contribution in [3.8, 4) is 0 Å². The second-order valence-electron chi connectivity index (χ2n) is 6.28. The van der Waals surface area contributed by atoms with Crippen LogP contribution in [0.2, 0.25) is 0 Å². The molecule has 4 nitrogen and oxygen atoms in total. The van der Waals surface area contributed by atoms with E-state index in [2.05, 4.69) is 69.6 Å². The molecule has 0 spiro atoms. The van der Waals surface area contributed by atoms with Crippen molar-refractivity contribution in [1.29, 1.82) is 0 Å². The van der Waals surface area contributed by atoms with Gasteiger partial charge in [0.05, 0.1) is 12.4 Å². The molecule has 0 aromatic heterocycles. The van der Waals surface area contributed by atoms with E-state index in [4.69, 9.17) is 12.2 Å². The van der Waals surface area contributed by atoms with Crippen LogP contribution < -0.4 is 10.9 Å². The van der Waals surface area contributed by atoms with Crippen LogP contribution >= 0.6 is 12.2 Å². The Labute approximate surface area is 168 Å². The first kappa shape index (κ1) is 17.8. The molecule has 28 heavy (non-hydrogen) atoms. The minimum Gasteiger partial charge on any atom is -0.252 e. The van der Waals surface area contributed by atoms with E-state index in [0.29, 0.717) is 5.11 Å². The molecule has 0 atom stereocenters. The Morgan fingerprint density at radius 1 is 0.607 bits per heavy atom. The van der Waals surface area contributed by atoms with Crippen molar-refractivity contribution >= 4 is 51.3 Å². The summed E-state index contributed by atoms with van der Waals surface area (Å²) in [7, 11) is 0. The first-order valence-electron chi connectivity index (χ1n) is 8.88. The van der Waals surface area contributed by atoms with Gasteiger partial charge in [-0.15, -0.1) is 0 Å². The van der Waals surface area contributed by atoms with Crippen molar-refractivity contribution in [2.45, 2.75) is 0 Å². The predicted octanol–water partition coefficient (Wildman–Crippen LogP) is 4.83. The molecule has 0 radical (unpaired) electrons. The highest BCUT2D eigenvalue weighted by molar-refractivity contribution is 7.80. The van der Waals surface area contributed by atoms with Gasteiger partial charge in [0, 0.05) is 0 Å². The molecule has 2 N–H and O–H groups in total. The molecule has 0 unspecified atom stereocenters. The number of fused-ring (bicyclic) bond motifs is 2. The number of thiocarbonyl (C=S) groups is 1. The maximum Gasteiger partial charge on any atom is 0.207 e. The third-order valence-electron chi connectivity index (χ3n) is 4.31. The summed E-state index contributed by atoms with van der Waals surface area (Å²) < 4.78 is 0. The lowest BCUT2D eigenvalue weighted by molar-refractivity contribution is 0.935. The van der Waals surface area contributed by atoms with Crippen LogP contribution in [0, 0.1) is 0 Å². The molecule has 5 heteroatoms.